The van der Waals surface area contributed by atoms with Crippen LogP contribution in [-0.2, 0) is 6.54 Å². The van der Waals surface area contributed by atoms with Gasteiger partial charge in [-0.05, 0) is 50.6 Å². The molecule has 0 radical (unpaired) electrons. The van der Waals surface area contributed by atoms with Gasteiger partial charge in [0.05, 0.1) is 0 Å². The van der Waals surface area contributed by atoms with Crippen molar-refractivity contribution in [2.24, 2.45) is 5.92 Å². The van der Waals surface area contributed by atoms with Crippen molar-refractivity contribution in [2.75, 3.05) is 52.9 Å². The molecular weight excluding hydrogens is 343 g/mol. The van der Waals surface area contributed by atoms with Gasteiger partial charge in [0.25, 0.3) is 0 Å². The van der Waals surface area contributed by atoms with Crippen LogP contribution in [0.2, 0.25) is 0 Å². The summed E-state index contributed by atoms with van der Waals surface area (Å²) < 4.78 is 13.3. The van der Waals surface area contributed by atoms with Crippen molar-refractivity contribution >= 4 is 10.9 Å². The zero-order chi connectivity index (χ0) is 18.8. The molecule has 2 fully saturated rings. The monoisotopic (exact) mass is 372 g/mol. The van der Waals surface area contributed by atoms with E-state index < -0.39 is 0 Å². The normalized spacial score (nSPS) is 23.1. The van der Waals surface area contributed by atoms with Crippen molar-refractivity contribution < 1.29 is 4.39 Å². The molecule has 2 aliphatic heterocycles. The van der Waals surface area contributed by atoms with Crippen LogP contribution in [-0.4, -0.2) is 72.5 Å². The van der Waals surface area contributed by atoms with Crippen LogP contribution >= 0.6 is 0 Å². The Morgan fingerprint density at radius 2 is 1.89 bits per heavy atom. The topological polar surface area (TPSA) is 42.6 Å². The van der Waals surface area contributed by atoms with E-state index in [4.69, 9.17) is 0 Å². The third kappa shape index (κ3) is 4.57. The van der Waals surface area contributed by atoms with E-state index in [0.29, 0.717) is 10.9 Å². The molecular formula is C21H29FN4O. The lowest BCUT2D eigenvalue weighted by Crippen LogP contribution is -2.49. The molecule has 2 aliphatic rings. The smallest absolute Gasteiger partial charge is 0.189 e. The molecule has 5 nitrogen and oxygen atoms in total. The van der Waals surface area contributed by atoms with E-state index >= 15 is 0 Å². The van der Waals surface area contributed by atoms with Gasteiger partial charge in [0.15, 0.2) is 5.43 Å². The lowest BCUT2D eigenvalue weighted by molar-refractivity contribution is 0.0924. The van der Waals surface area contributed by atoms with E-state index in [-0.39, 0.29) is 11.2 Å². The average Bonchev–Trinajstić information content (AvgIpc) is 2.64. The van der Waals surface area contributed by atoms with Gasteiger partial charge < -0.3 is 14.8 Å². The molecule has 1 aromatic heterocycles. The molecule has 0 spiro atoms. The maximum absolute atomic E-state index is 13.3. The van der Waals surface area contributed by atoms with Crippen LogP contribution in [0.1, 0.15) is 18.5 Å². The van der Waals surface area contributed by atoms with Crippen LogP contribution in [0.4, 0.5) is 4.39 Å². The first-order valence-electron chi connectivity index (χ1n) is 10.0. The predicted octanol–water partition coefficient (Wildman–Crippen LogP) is 2.13. The summed E-state index contributed by atoms with van der Waals surface area (Å²) in [5, 5.41) is 0.418. The number of nitrogens with one attached hydrogen (secondary N) is 1. The lowest BCUT2D eigenvalue weighted by atomic mass is 9.97. The number of benzene rings is 1. The highest BCUT2D eigenvalue weighted by atomic mass is 19.1. The fraction of sp³-hybridized carbons (Fsp3) is 0.571. The van der Waals surface area contributed by atoms with E-state index in [1.807, 2.05) is 0 Å². The second kappa shape index (κ2) is 8.09. The molecule has 6 heteroatoms. The second-order valence-electron chi connectivity index (χ2n) is 8.20. The summed E-state index contributed by atoms with van der Waals surface area (Å²) in [4.78, 5) is 23.0. The Labute approximate surface area is 159 Å². The maximum Gasteiger partial charge on any atom is 0.189 e. The number of rotatable bonds is 4. The molecule has 1 atom stereocenters. The van der Waals surface area contributed by atoms with Gasteiger partial charge in [-0.2, -0.15) is 0 Å². The van der Waals surface area contributed by atoms with Gasteiger partial charge in [-0.1, -0.05) is 0 Å². The summed E-state index contributed by atoms with van der Waals surface area (Å²) in [5.41, 5.74) is 1.50. The Morgan fingerprint density at radius 1 is 1.11 bits per heavy atom. The van der Waals surface area contributed by atoms with E-state index in [1.165, 1.54) is 44.6 Å². The number of fused-ring (bicyclic) bond motifs is 1. The Kier molecular flexibility index (Phi) is 5.57. The summed E-state index contributed by atoms with van der Waals surface area (Å²) in [7, 11) is 2.23. The van der Waals surface area contributed by atoms with Crippen molar-refractivity contribution in [3.05, 3.63) is 46.0 Å². The molecule has 27 heavy (non-hydrogen) atoms. The highest BCUT2D eigenvalue weighted by Crippen LogP contribution is 2.18. The lowest BCUT2D eigenvalue weighted by Gasteiger charge is -2.38. The number of hydrogen-bond donors (Lipinski definition) is 1. The summed E-state index contributed by atoms with van der Waals surface area (Å²) in [5.74, 6) is 0.425. The van der Waals surface area contributed by atoms with E-state index in [1.54, 1.807) is 12.1 Å². The number of aromatic amines is 1. The number of halogens is 1. The van der Waals surface area contributed by atoms with Gasteiger partial charge in [0, 0.05) is 68.5 Å². The van der Waals surface area contributed by atoms with E-state index in [9.17, 15) is 9.18 Å². The van der Waals surface area contributed by atoms with Crippen molar-refractivity contribution in [3.8, 4) is 0 Å². The average molecular weight is 372 g/mol. The minimum atomic E-state index is -0.374. The molecule has 0 amide bonds. The number of pyridine rings is 1. The Morgan fingerprint density at radius 3 is 2.67 bits per heavy atom. The van der Waals surface area contributed by atoms with Crippen molar-refractivity contribution in [1.82, 2.24) is 19.7 Å². The number of piperidine rings is 1. The van der Waals surface area contributed by atoms with Gasteiger partial charge in [0.2, 0.25) is 0 Å². The van der Waals surface area contributed by atoms with Gasteiger partial charge in [-0.3, -0.25) is 9.69 Å². The predicted molar refractivity (Wildman–Crippen MR) is 106 cm³/mol. The molecule has 3 heterocycles. The van der Waals surface area contributed by atoms with E-state index in [0.717, 1.165) is 44.3 Å². The van der Waals surface area contributed by atoms with Gasteiger partial charge in [-0.25, -0.2) is 4.39 Å². The standard InChI is InChI=1S/C21H29FN4O/c1-24-6-2-3-16(13-24)14-25-7-9-26(10-8-25)15-18-12-21(27)19-11-17(22)4-5-20(19)23-18/h4-5,11-12,16H,2-3,6-10,13-15H2,1H3,(H,23,27)/t16-/m0/s1. The first-order valence-corrected chi connectivity index (χ1v) is 10.0. The molecule has 146 valence electrons. The van der Waals surface area contributed by atoms with Crippen molar-refractivity contribution in [3.63, 3.8) is 0 Å². The molecule has 2 aromatic rings. The van der Waals surface area contributed by atoms with Crippen LogP contribution in [0.3, 0.4) is 0 Å². The fourth-order valence-electron chi connectivity index (χ4n) is 4.52. The molecule has 0 bridgehead atoms. The first kappa shape index (κ1) is 18.6. The van der Waals surface area contributed by atoms with Gasteiger partial charge in [0.1, 0.15) is 5.82 Å². The second-order valence-corrected chi connectivity index (χ2v) is 8.20. The van der Waals surface area contributed by atoms with Crippen LogP contribution in [0.25, 0.3) is 10.9 Å². The zero-order valence-corrected chi connectivity index (χ0v) is 16.1. The highest BCUT2D eigenvalue weighted by molar-refractivity contribution is 5.78. The van der Waals surface area contributed by atoms with Crippen LogP contribution in [0.15, 0.2) is 29.1 Å². The number of hydrogen-bond acceptors (Lipinski definition) is 4. The summed E-state index contributed by atoms with van der Waals surface area (Å²) in [6, 6.07) is 5.96. The number of piperazine rings is 1. The van der Waals surface area contributed by atoms with Crippen molar-refractivity contribution in [2.45, 2.75) is 19.4 Å². The van der Waals surface area contributed by atoms with Crippen LogP contribution in [0.5, 0.6) is 0 Å². The number of H-pyrrole nitrogens is 1. The molecule has 4 rings (SSSR count). The van der Waals surface area contributed by atoms with Crippen LogP contribution < -0.4 is 5.43 Å². The molecule has 0 aliphatic carbocycles. The highest BCUT2D eigenvalue weighted by Gasteiger charge is 2.23. The molecule has 1 aromatic carbocycles. The quantitative estimate of drug-likeness (QED) is 0.893. The Hall–Kier alpha value is -1.76. The molecule has 0 saturated carbocycles. The zero-order valence-electron chi connectivity index (χ0n) is 16.1. The molecule has 0 unspecified atom stereocenters. The van der Waals surface area contributed by atoms with Crippen LogP contribution in [0, 0.1) is 11.7 Å². The summed E-state index contributed by atoms with van der Waals surface area (Å²) in [6.07, 6.45) is 2.67. The number of aromatic nitrogens is 1. The van der Waals surface area contributed by atoms with Gasteiger partial charge in [-0.15, -0.1) is 0 Å². The largest absolute Gasteiger partial charge is 0.357 e. The Bertz CT molecular complexity index is 844. The maximum atomic E-state index is 13.3. The SMILES string of the molecule is CN1CCC[C@H](CN2CCN(Cc3cc(=O)c4cc(F)ccc4[nH]3)CC2)C1. The Balaban J connectivity index is 1.33. The van der Waals surface area contributed by atoms with Crippen molar-refractivity contribution in [1.29, 1.82) is 0 Å². The summed E-state index contributed by atoms with van der Waals surface area (Å²) in [6.45, 7) is 8.61. The minimum absolute atomic E-state index is 0.113. The number of likely N-dealkylation sites (tertiary alicyclic amines) is 1. The summed E-state index contributed by atoms with van der Waals surface area (Å²) >= 11 is 0. The van der Waals surface area contributed by atoms with Gasteiger partial charge >= 0.3 is 0 Å². The first-order chi connectivity index (χ1) is 13.1. The number of nitrogens with zero attached hydrogens (tertiary/aromatic N) is 3. The fourth-order valence-corrected chi connectivity index (χ4v) is 4.52. The molecule has 1 N–H and O–H groups in total. The molecule has 2 saturated heterocycles. The minimum Gasteiger partial charge on any atom is -0.357 e. The third-order valence-electron chi connectivity index (χ3n) is 5.94. The van der Waals surface area contributed by atoms with E-state index in [2.05, 4.69) is 26.7 Å². The third-order valence-corrected chi connectivity index (χ3v) is 5.94.